The summed E-state index contributed by atoms with van der Waals surface area (Å²) in [6, 6.07) is -0.771. The van der Waals surface area contributed by atoms with E-state index in [4.69, 9.17) is 14.8 Å². The molecule has 9 heteroatoms. The van der Waals surface area contributed by atoms with Crippen molar-refractivity contribution in [2.45, 2.75) is 238 Å². The molecule has 3 atom stereocenters. The fourth-order valence-corrected chi connectivity index (χ4v) is 7.48. The van der Waals surface area contributed by atoms with E-state index in [2.05, 4.69) is 31.3 Å². The number of unbranched alkanes of at least 4 members (excludes halogenated alkanes) is 28. The van der Waals surface area contributed by atoms with Crippen molar-refractivity contribution in [1.29, 1.82) is 0 Å². The van der Waals surface area contributed by atoms with Gasteiger partial charge in [0.25, 0.3) is 0 Å². The van der Waals surface area contributed by atoms with Gasteiger partial charge in [-0.3, -0.25) is 13.8 Å². The Balaban J connectivity index is 4.07. The highest BCUT2D eigenvalue weighted by Crippen LogP contribution is 2.43. The van der Waals surface area contributed by atoms with Crippen molar-refractivity contribution in [1.82, 2.24) is 5.32 Å². The van der Waals surface area contributed by atoms with Crippen LogP contribution in [0.15, 0.2) is 12.2 Å². The molecule has 0 heterocycles. The SMILES string of the molecule is CCCCCCCCCC/C=C\CCCCCCCCCCCC(=O)NC(COP(=O)(O)OCCN)C(O)CCCCCCCCCCCCCC. The molecule has 0 saturated carbocycles. The maximum atomic E-state index is 12.8. The number of aliphatic hydroxyl groups excluding tert-OH is 1. The third kappa shape index (κ3) is 37.6. The van der Waals surface area contributed by atoms with Crippen molar-refractivity contribution in [3.63, 3.8) is 0 Å². The smallest absolute Gasteiger partial charge is 0.391 e. The average molecular weight is 759 g/mol. The average Bonchev–Trinajstić information content (AvgIpc) is 3.13. The van der Waals surface area contributed by atoms with Gasteiger partial charge in [0.1, 0.15) is 0 Å². The Labute approximate surface area is 322 Å². The zero-order valence-corrected chi connectivity index (χ0v) is 35.2. The second-order valence-electron chi connectivity index (χ2n) is 15.3. The maximum Gasteiger partial charge on any atom is 0.472 e. The minimum absolute atomic E-state index is 0.0903. The molecule has 8 nitrogen and oxygen atoms in total. The van der Waals surface area contributed by atoms with Gasteiger partial charge in [-0.05, 0) is 38.5 Å². The Hall–Kier alpha value is -0.760. The summed E-state index contributed by atoms with van der Waals surface area (Å²) in [4.78, 5) is 22.7. The van der Waals surface area contributed by atoms with Gasteiger partial charge in [0.05, 0.1) is 25.4 Å². The van der Waals surface area contributed by atoms with Crippen molar-refractivity contribution in [3.8, 4) is 0 Å². The summed E-state index contributed by atoms with van der Waals surface area (Å²) >= 11 is 0. The highest BCUT2D eigenvalue weighted by Gasteiger charge is 2.27. The summed E-state index contributed by atoms with van der Waals surface area (Å²) in [6.45, 7) is 4.22. The minimum atomic E-state index is -4.31. The number of rotatable bonds is 42. The first kappa shape index (κ1) is 51.2. The van der Waals surface area contributed by atoms with E-state index in [-0.39, 0.29) is 25.7 Å². The summed E-state index contributed by atoms with van der Waals surface area (Å²) in [5, 5.41) is 13.8. The Morgan fingerprint density at radius 1 is 0.615 bits per heavy atom. The Kier molecular flexibility index (Phi) is 39.3. The van der Waals surface area contributed by atoms with Crippen molar-refractivity contribution in [2.24, 2.45) is 5.73 Å². The van der Waals surface area contributed by atoms with Crippen LogP contribution in [0.5, 0.6) is 0 Å². The van der Waals surface area contributed by atoms with Gasteiger partial charge in [-0.2, -0.15) is 0 Å². The van der Waals surface area contributed by atoms with E-state index in [0.29, 0.717) is 12.8 Å². The lowest BCUT2D eigenvalue weighted by Crippen LogP contribution is -2.46. The molecule has 3 unspecified atom stereocenters. The first-order valence-corrected chi connectivity index (χ1v) is 23.8. The second kappa shape index (κ2) is 39.9. The first-order valence-electron chi connectivity index (χ1n) is 22.3. The second-order valence-corrected chi connectivity index (χ2v) is 16.7. The lowest BCUT2D eigenvalue weighted by molar-refractivity contribution is -0.123. The van der Waals surface area contributed by atoms with Crippen molar-refractivity contribution in [2.75, 3.05) is 19.8 Å². The third-order valence-electron chi connectivity index (χ3n) is 10.1. The van der Waals surface area contributed by atoms with Crippen LogP contribution in [0.3, 0.4) is 0 Å². The van der Waals surface area contributed by atoms with Crippen molar-refractivity contribution < 1.29 is 28.4 Å². The van der Waals surface area contributed by atoms with Crippen LogP contribution in [0.2, 0.25) is 0 Å². The van der Waals surface area contributed by atoms with Crippen LogP contribution in [-0.2, 0) is 18.4 Å². The number of allylic oxidation sites excluding steroid dienone is 2. The lowest BCUT2D eigenvalue weighted by Gasteiger charge is -2.25. The lowest BCUT2D eigenvalue weighted by atomic mass is 10.0. The monoisotopic (exact) mass is 759 g/mol. The van der Waals surface area contributed by atoms with Crippen LogP contribution in [0.1, 0.15) is 226 Å². The first-order chi connectivity index (χ1) is 25.4. The standard InChI is InChI=1S/C43H87N2O6P/c1-3-5-7-9-11-13-15-17-18-19-20-21-22-23-24-25-27-29-31-33-35-37-43(47)45-41(40-51-52(48,49)50-39-38-44)42(46)36-34-32-30-28-26-16-14-12-10-8-6-4-2/h19-20,41-42,46H,3-18,21-40,44H2,1-2H3,(H,45,47)(H,48,49)/b20-19-. The number of nitrogens with one attached hydrogen (secondary N) is 1. The normalized spacial score (nSPS) is 14.2. The molecule has 0 aromatic rings. The number of phosphoric acid groups is 1. The van der Waals surface area contributed by atoms with E-state index in [1.54, 1.807) is 0 Å². The summed E-state index contributed by atoms with van der Waals surface area (Å²) in [7, 11) is -4.31. The van der Waals surface area contributed by atoms with Gasteiger partial charge in [0.15, 0.2) is 0 Å². The van der Waals surface area contributed by atoms with Gasteiger partial charge in [0, 0.05) is 13.0 Å². The number of carbonyl (C=O) groups excluding carboxylic acids is 1. The quantitative estimate of drug-likeness (QED) is 0.0277. The highest BCUT2D eigenvalue weighted by molar-refractivity contribution is 7.47. The fourth-order valence-electron chi connectivity index (χ4n) is 6.72. The van der Waals surface area contributed by atoms with Crippen molar-refractivity contribution >= 4 is 13.7 Å². The number of amides is 1. The van der Waals surface area contributed by atoms with Crippen molar-refractivity contribution in [3.05, 3.63) is 12.2 Å². The number of hydrogen-bond acceptors (Lipinski definition) is 6. The zero-order chi connectivity index (χ0) is 38.2. The topological polar surface area (TPSA) is 131 Å². The molecule has 310 valence electrons. The van der Waals surface area contributed by atoms with E-state index in [9.17, 15) is 19.4 Å². The number of phosphoric ester groups is 1. The van der Waals surface area contributed by atoms with Gasteiger partial charge in [-0.15, -0.1) is 0 Å². The Bertz CT molecular complexity index is 829. The molecule has 0 radical (unpaired) electrons. The molecule has 0 aliphatic rings. The molecule has 0 aromatic heterocycles. The molecule has 1 amide bonds. The third-order valence-corrected chi connectivity index (χ3v) is 11.1. The van der Waals surface area contributed by atoms with Gasteiger partial charge in [-0.25, -0.2) is 4.57 Å². The van der Waals surface area contributed by atoms with Crippen LogP contribution in [0, 0.1) is 0 Å². The number of hydrogen-bond donors (Lipinski definition) is 4. The number of carbonyl (C=O) groups is 1. The number of aliphatic hydroxyl groups is 1. The molecule has 0 fully saturated rings. The van der Waals surface area contributed by atoms with Gasteiger partial charge >= 0.3 is 7.82 Å². The molecule has 0 aliphatic carbocycles. The van der Waals surface area contributed by atoms with E-state index in [1.165, 1.54) is 161 Å². The molecule has 0 spiro atoms. The van der Waals surface area contributed by atoms with E-state index in [1.807, 2.05) is 0 Å². The highest BCUT2D eigenvalue weighted by atomic mass is 31.2. The summed E-state index contributed by atoms with van der Waals surface area (Å²) in [5.41, 5.74) is 5.38. The molecule has 52 heavy (non-hydrogen) atoms. The molecular weight excluding hydrogens is 671 g/mol. The van der Waals surface area contributed by atoms with Crippen LogP contribution in [-0.4, -0.2) is 47.8 Å². The van der Waals surface area contributed by atoms with E-state index >= 15 is 0 Å². The molecule has 0 aliphatic heterocycles. The Morgan fingerprint density at radius 3 is 1.42 bits per heavy atom. The van der Waals surface area contributed by atoms with Crippen LogP contribution in [0.4, 0.5) is 0 Å². The van der Waals surface area contributed by atoms with Gasteiger partial charge in [-0.1, -0.05) is 193 Å². The molecule has 0 saturated heterocycles. The van der Waals surface area contributed by atoms with Gasteiger partial charge in [0.2, 0.25) is 5.91 Å². The van der Waals surface area contributed by atoms with Crippen LogP contribution < -0.4 is 11.1 Å². The summed E-state index contributed by atoms with van der Waals surface area (Å²) in [6.07, 6.45) is 43.6. The van der Waals surface area contributed by atoms with Gasteiger partial charge < -0.3 is 21.1 Å². The fraction of sp³-hybridized carbons (Fsp3) is 0.930. The van der Waals surface area contributed by atoms with Crippen LogP contribution >= 0.6 is 7.82 Å². The summed E-state index contributed by atoms with van der Waals surface area (Å²) in [5.74, 6) is -0.162. The maximum absolute atomic E-state index is 12.8. The molecule has 0 aromatic carbocycles. The molecule has 0 rings (SSSR count). The van der Waals surface area contributed by atoms with E-state index in [0.717, 1.165) is 38.5 Å². The molecular formula is C43H87N2O6P. The Morgan fingerprint density at radius 2 is 1.00 bits per heavy atom. The predicted octanol–water partition coefficient (Wildman–Crippen LogP) is 12.4. The predicted molar refractivity (Wildman–Crippen MR) is 222 cm³/mol. The largest absolute Gasteiger partial charge is 0.472 e. The molecule has 5 N–H and O–H groups in total. The minimum Gasteiger partial charge on any atom is -0.391 e. The van der Waals surface area contributed by atoms with Crippen LogP contribution in [0.25, 0.3) is 0 Å². The summed E-state index contributed by atoms with van der Waals surface area (Å²) < 4.78 is 22.2. The molecule has 0 bridgehead atoms. The zero-order valence-electron chi connectivity index (χ0n) is 34.3. The van der Waals surface area contributed by atoms with E-state index < -0.39 is 20.0 Å². The number of nitrogens with two attached hydrogens (primary N) is 1.